The first-order chi connectivity index (χ1) is 11.6. The SMILES string of the molecule is CC(=O)OC[C@@H]1CC=C(C2(C)CCCC(C)(C)C2)C[C@@H]1COC(C)=O. The zero-order chi connectivity index (χ0) is 18.7. The number of allylic oxidation sites excluding steroid dienone is 2. The molecule has 0 heterocycles. The predicted molar refractivity (Wildman–Crippen MR) is 97.9 cm³/mol. The van der Waals surface area contributed by atoms with E-state index in [2.05, 4.69) is 26.8 Å². The second kappa shape index (κ2) is 7.92. The maximum Gasteiger partial charge on any atom is 0.302 e. The summed E-state index contributed by atoms with van der Waals surface area (Å²) in [5, 5.41) is 0. The molecule has 1 unspecified atom stereocenters. The molecule has 0 saturated heterocycles. The van der Waals surface area contributed by atoms with Crippen LogP contribution in [0.1, 0.15) is 73.1 Å². The van der Waals surface area contributed by atoms with Gasteiger partial charge in [0.05, 0.1) is 13.2 Å². The van der Waals surface area contributed by atoms with Crippen molar-refractivity contribution in [1.82, 2.24) is 0 Å². The molecule has 25 heavy (non-hydrogen) atoms. The first-order valence-corrected chi connectivity index (χ1v) is 9.57. The van der Waals surface area contributed by atoms with Crippen molar-refractivity contribution in [2.24, 2.45) is 22.7 Å². The minimum atomic E-state index is -0.248. The van der Waals surface area contributed by atoms with E-state index >= 15 is 0 Å². The highest BCUT2D eigenvalue weighted by molar-refractivity contribution is 5.66. The molecule has 4 nitrogen and oxygen atoms in total. The van der Waals surface area contributed by atoms with Gasteiger partial charge in [0, 0.05) is 25.7 Å². The molecule has 0 amide bonds. The summed E-state index contributed by atoms with van der Waals surface area (Å²) in [7, 11) is 0. The predicted octanol–water partition coefficient (Wildman–Crippen LogP) is 4.67. The van der Waals surface area contributed by atoms with Gasteiger partial charge in [0.1, 0.15) is 0 Å². The van der Waals surface area contributed by atoms with Gasteiger partial charge in [0.2, 0.25) is 0 Å². The number of ether oxygens (including phenoxy) is 2. The summed E-state index contributed by atoms with van der Waals surface area (Å²) in [6.45, 7) is 10.9. The van der Waals surface area contributed by atoms with Crippen LogP contribution in [0.15, 0.2) is 11.6 Å². The summed E-state index contributed by atoms with van der Waals surface area (Å²) in [6, 6.07) is 0. The van der Waals surface area contributed by atoms with Gasteiger partial charge in [-0.1, -0.05) is 38.8 Å². The second-order valence-corrected chi connectivity index (χ2v) is 9.05. The van der Waals surface area contributed by atoms with E-state index in [-0.39, 0.29) is 29.2 Å². The maximum absolute atomic E-state index is 11.3. The van der Waals surface area contributed by atoms with Crippen molar-refractivity contribution < 1.29 is 19.1 Å². The highest BCUT2D eigenvalue weighted by atomic mass is 16.5. The average molecular weight is 350 g/mol. The van der Waals surface area contributed by atoms with Crippen LogP contribution in [0, 0.1) is 22.7 Å². The largest absolute Gasteiger partial charge is 0.466 e. The lowest BCUT2D eigenvalue weighted by atomic mass is 9.59. The molecule has 0 spiro atoms. The summed E-state index contributed by atoms with van der Waals surface area (Å²) < 4.78 is 10.6. The average Bonchev–Trinajstić information content (AvgIpc) is 2.49. The summed E-state index contributed by atoms with van der Waals surface area (Å²) in [6.07, 6.45) is 9.21. The molecule has 2 rings (SSSR count). The van der Waals surface area contributed by atoms with E-state index in [1.54, 1.807) is 0 Å². The third kappa shape index (κ3) is 5.58. The quantitative estimate of drug-likeness (QED) is 0.534. The van der Waals surface area contributed by atoms with E-state index in [9.17, 15) is 9.59 Å². The molecule has 1 fully saturated rings. The van der Waals surface area contributed by atoms with E-state index in [4.69, 9.17) is 9.47 Å². The molecule has 0 aromatic carbocycles. The number of esters is 2. The third-order valence-corrected chi connectivity index (χ3v) is 6.04. The third-order valence-electron chi connectivity index (χ3n) is 6.04. The fourth-order valence-electron chi connectivity index (χ4n) is 4.82. The summed E-state index contributed by atoms with van der Waals surface area (Å²) in [4.78, 5) is 22.4. The first-order valence-electron chi connectivity index (χ1n) is 9.57. The van der Waals surface area contributed by atoms with Crippen molar-refractivity contribution in [3.63, 3.8) is 0 Å². The molecule has 0 aromatic rings. The van der Waals surface area contributed by atoms with Gasteiger partial charge in [-0.05, 0) is 42.9 Å². The van der Waals surface area contributed by atoms with Crippen LogP contribution >= 0.6 is 0 Å². The van der Waals surface area contributed by atoms with Crippen molar-refractivity contribution in [3.05, 3.63) is 11.6 Å². The van der Waals surface area contributed by atoms with Gasteiger partial charge in [-0.15, -0.1) is 0 Å². The Morgan fingerprint density at radius 3 is 2.20 bits per heavy atom. The number of carbonyl (C=O) groups is 2. The zero-order valence-electron chi connectivity index (χ0n) is 16.5. The molecule has 0 bridgehead atoms. The van der Waals surface area contributed by atoms with Gasteiger partial charge in [-0.3, -0.25) is 9.59 Å². The molecule has 142 valence electrons. The molecule has 0 aliphatic heterocycles. The normalized spacial score (nSPS) is 31.8. The molecule has 1 saturated carbocycles. The first kappa shape index (κ1) is 20.0. The zero-order valence-corrected chi connectivity index (χ0v) is 16.5. The Kier molecular flexibility index (Phi) is 6.34. The van der Waals surface area contributed by atoms with Crippen LogP contribution in [0.25, 0.3) is 0 Å². The van der Waals surface area contributed by atoms with Crippen LogP contribution in [-0.2, 0) is 19.1 Å². The van der Waals surface area contributed by atoms with Crippen LogP contribution < -0.4 is 0 Å². The Balaban J connectivity index is 2.12. The Morgan fingerprint density at radius 1 is 1.04 bits per heavy atom. The van der Waals surface area contributed by atoms with Crippen LogP contribution in [0.3, 0.4) is 0 Å². The molecule has 0 N–H and O–H groups in total. The van der Waals surface area contributed by atoms with Crippen molar-refractivity contribution in [1.29, 1.82) is 0 Å². The molecule has 2 aliphatic carbocycles. The van der Waals surface area contributed by atoms with Gasteiger partial charge in [-0.25, -0.2) is 0 Å². The minimum absolute atomic E-state index is 0.227. The topological polar surface area (TPSA) is 52.6 Å². The van der Waals surface area contributed by atoms with Gasteiger partial charge in [0.25, 0.3) is 0 Å². The summed E-state index contributed by atoms with van der Waals surface area (Å²) >= 11 is 0. The Hall–Kier alpha value is -1.32. The van der Waals surface area contributed by atoms with E-state index < -0.39 is 0 Å². The molecule has 3 atom stereocenters. The van der Waals surface area contributed by atoms with Gasteiger partial charge in [-0.2, -0.15) is 0 Å². The van der Waals surface area contributed by atoms with Crippen molar-refractivity contribution >= 4 is 11.9 Å². The van der Waals surface area contributed by atoms with E-state index in [0.717, 1.165) is 12.8 Å². The Morgan fingerprint density at radius 2 is 1.64 bits per heavy atom. The number of hydrogen-bond donors (Lipinski definition) is 0. The fourth-order valence-corrected chi connectivity index (χ4v) is 4.82. The minimum Gasteiger partial charge on any atom is -0.466 e. The monoisotopic (exact) mass is 350 g/mol. The lowest BCUT2D eigenvalue weighted by molar-refractivity contribution is -0.147. The Bertz CT molecular complexity index is 534. The van der Waals surface area contributed by atoms with Gasteiger partial charge >= 0.3 is 11.9 Å². The van der Waals surface area contributed by atoms with Crippen LogP contribution in [0.4, 0.5) is 0 Å². The molecule has 0 radical (unpaired) electrons. The Labute approximate surface area is 152 Å². The summed E-state index contributed by atoms with van der Waals surface area (Å²) in [5.41, 5.74) is 2.13. The lowest BCUT2D eigenvalue weighted by Gasteiger charge is -2.47. The standard InChI is InChI=1S/C21H34O4/c1-15(22)24-12-17-7-8-19(11-18(17)13-25-16(2)23)21(5)10-6-9-20(3,4)14-21/h8,17-18H,6-7,9-14H2,1-5H3/t17-,18+,21?/m0/s1. The maximum atomic E-state index is 11.3. The van der Waals surface area contributed by atoms with Crippen LogP contribution in [0.5, 0.6) is 0 Å². The van der Waals surface area contributed by atoms with Crippen LogP contribution in [-0.4, -0.2) is 25.2 Å². The number of hydrogen-bond acceptors (Lipinski definition) is 4. The van der Waals surface area contributed by atoms with Crippen molar-refractivity contribution in [2.45, 2.75) is 73.1 Å². The lowest BCUT2D eigenvalue weighted by Crippen LogP contribution is -2.36. The molecule has 0 aromatic heterocycles. The van der Waals surface area contributed by atoms with Crippen LogP contribution in [0.2, 0.25) is 0 Å². The van der Waals surface area contributed by atoms with E-state index in [1.165, 1.54) is 45.1 Å². The molecule has 2 aliphatic rings. The smallest absolute Gasteiger partial charge is 0.302 e. The molecular weight excluding hydrogens is 316 g/mol. The second-order valence-electron chi connectivity index (χ2n) is 9.05. The molecule has 4 heteroatoms. The van der Waals surface area contributed by atoms with Gasteiger partial charge < -0.3 is 9.47 Å². The molecular formula is C21H34O4. The summed E-state index contributed by atoms with van der Waals surface area (Å²) in [5.74, 6) is -0.0355. The highest BCUT2D eigenvalue weighted by Crippen LogP contribution is 2.52. The van der Waals surface area contributed by atoms with E-state index in [0.29, 0.717) is 18.6 Å². The van der Waals surface area contributed by atoms with E-state index in [1.807, 2.05) is 0 Å². The number of carbonyl (C=O) groups excluding carboxylic acids is 2. The highest BCUT2D eigenvalue weighted by Gasteiger charge is 2.41. The van der Waals surface area contributed by atoms with Gasteiger partial charge in [0.15, 0.2) is 0 Å². The van der Waals surface area contributed by atoms with Crippen molar-refractivity contribution in [3.8, 4) is 0 Å². The number of rotatable bonds is 5. The fraction of sp³-hybridized carbons (Fsp3) is 0.810. The van der Waals surface area contributed by atoms with Crippen molar-refractivity contribution in [2.75, 3.05) is 13.2 Å².